The lowest BCUT2D eigenvalue weighted by Gasteiger charge is -2.19. The standard InChI is InChI=1S/C43H76NO8P/c1-3-5-7-9-11-13-15-17-19-20-22-23-25-27-29-31-33-35-42(45)49-39-41(40-51-53(47,48)50-38-37-44)52-43(46)36-34-32-30-28-26-24-21-18-16-14-12-10-8-6-4-2/h5,7,11,13-14,16-17,19,22-23,41H,3-4,6,8-10,12,15,18,20-21,24-40,44H2,1-2H3,(H,47,48). The molecule has 0 fully saturated rings. The van der Waals surface area contributed by atoms with Crippen LogP contribution in [0.1, 0.15) is 168 Å². The summed E-state index contributed by atoms with van der Waals surface area (Å²) in [5.74, 6) is -0.866. The van der Waals surface area contributed by atoms with Crippen molar-refractivity contribution in [1.82, 2.24) is 0 Å². The van der Waals surface area contributed by atoms with Gasteiger partial charge in [-0.1, -0.05) is 139 Å². The summed E-state index contributed by atoms with van der Waals surface area (Å²) >= 11 is 0. The summed E-state index contributed by atoms with van der Waals surface area (Å²) in [4.78, 5) is 34.8. The first-order chi connectivity index (χ1) is 25.8. The topological polar surface area (TPSA) is 134 Å². The van der Waals surface area contributed by atoms with Crippen LogP contribution in [-0.4, -0.2) is 49.3 Å². The number of phosphoric ester groups is 1. The van der Waals surface area contributed by atoms with Gasteiger partial charge in [-0.25, -0.2) is 4.57 Å². The minimum absolute atomic E-state index is 0.0466. The Hall–Kier alpha value is -2.29. The van der Waals surface area contributed by atoms with Crippen LogP contribution in [0.25, 0.3) is 0 Å². The van der Waals surface area contributed by atoms with Crippen molar-refractivity contribution in [2.75, 3.05) is 26.4 Å². The van der Waals surface area contributed by atoms with Crippen molar-refractivity contribution in [3.8, 4) is 0 Å². The fourth-order valence-corrected chi connectivity index (χ4v) is 6.09. The summed E-state index contributed by atoms with van der Waals surface area (Å²) < 4.78 is 32.7. The van der Waals surface area contributed by atoms with Crippen LogP contribution >= 0.6 is 7.82 Å². The molecule has 306 valence electrons. The minimum atomic E-state index is -4.38. The van der Waals surface area contributed by atoms with Gasteiger partial charge < -0.3 is 20.1 Å². The average molecular weight is 766 g/mol. The summed E-state index contributed by atoms with van der Waals surface area (Å²) in [6.07, 6.45) is 45.3. The SMILES string of the molecule is CCC=CCC=CCC=CCC=CCCCCCCC(=O)OCC(COP(=O)(O)OCCN)OC(=O)CCCCCCCCCC=CCCCCCC. The van der Waals surface area contributed by atoms with Gasteiger partial charge in [0.1, 0.15) is 6.61 Å². The van der Waals surface area contributed by atoms with Gasteiger partial charge in [0.25, 0.3) is 0 Å². The number of carbonyl (C=O) groups is 2. The Morgan fingerprint density at radius 3 is 1.57 bits per heavy atom. The third-order valence-corrected chi connectivity index (χ3v) is 9.37. The largest absolute Gasteiger partial charge is 0.472 e. The highest BCUT2D eigenvalue weighted by atomic mass is 31.2. The smallest absolute Gasteiger partial charge is 0.462 e. The van der Waals surface area contributed by atoms with E-state index in [9.17, 15) is 19.0 Å². The Kier molecular flexibility index (Phi) is 37.7. The molecule has 0 aliphatic carbocycles. The zero-order chi connectivity index (χ0) is 38.9. The van der Waals surface area contributed by atoms with Gasteiger partial charge in [0.2, 0.25) is 0 Å². The third-order valence-electron chi connectivity index (χ3n) is 8.39. The molecule has 10 heteroatoms. The Bertz CT molecular complexity index is 1050. The predicted octanol–water partition coefficient (Wildman–Crippen LogP) is 11.7. The Balaban J connectivity index is 4.24. The van der Waals surface area contributed by atoms with E-state index in [0.29, 0.717) is 12.8 Å². The molecule has 0 bridgehead atoms. The number of unbranched alkanes of at least 4 members (excludes halogenated alkanes) is 15. The van der Waals surface area contributed by atoms with Crippen molar-refractivity contribution in [2.24, 2.45) is 5.73 Å². The van der Waals surface area contributed by atoms with Crippen molar-refractivity contribution in [2.45, 2.75) is 174 Å². The number of ether oxygens (including phenoxy) is 2. The van der Waals surface area contributed by atoms with Crippen LogP contribution in [0.2, 0.25) is 0 Å². The summed E-state index contributed by atoms with van der Waals surface area (Å²) in [5.41, 5.74) is 5.34. The molecular formula is C43H76NO8P. The number of carbonyl (C=O) groups excluding carboxylic acids is 2. The maximum atomic E-state index is 12.6. The molecule has 0 rings (SSSR count). The minimum Gasteiger partial charge on any atom is -0.462 e. The zero-order valence-electron chi connectivity index (χ0n) is 33.5. The average Bonchev–Trinajstić information content (AvgIpc) is 3.14. The fourth-order valence-electron chi connectivity index (χ4n) is 5.32. The molecule has 0 amide bonds. The molecule has 2 atom stereocenters. The molecule has 0 aromatic rings. The highest BCUT2D eigenvalue weighted by Gasteiger charge is 2.25. The summed E-state index contributed by atoms with van der Waals surface area (Å²) in [7, 11) is -4.38. The quantitative estimate of drug-likeness (QED) is 0.0272. The Labute approximate surface area is 323 Å². The van der Waals surface area contributed by atoms with Gasteiger partial charge in [0.15, 0.2) is 6.10 Å². The maximum Gasteiger partial charge on any atom is 0.472 e. The van der Waals surface area contributed by atoms with E-state index in [1.54, 1.807) is 0 Å². The van der Waals surface area contributed by atoms with Crippen LogP contribution in [0.5, 0.6) is 0 Å². The van der Waals surface area contributed by atoms with Crippen molar-refractivity contribution < 1.29 is 37.6 Å². The second-order valence-electron chi connectivity index (χ2n) is 13.5. The van der Waals surface area contributed by atoms with E-state index in [1.807, 2.05) is 0 Å². The van der Waals surface area contributed by atoms with Gasteiger partial charge in [-0.3, -0.25) is 18.6 Å². The Morgan fingerprint density at radius 2 is 1.04 bits per heavy atom. The molecule has 0 aromatic carbocycles. The first-order valence-corrected chi connectivity index (χ1v) is 22.3. The lowest BCUT2D eigenvalue weighted by atomic mass is 10.1. The highest BCUT2D eigenvalue weighted by Crippen LogP contribution is 2.43. The number of esters is 2. The van der Waals surface area contributed by atoms with E-state index in [-0.39, 0.29) is 32.6 Å². The third kappa shape index (κ3) is 39.2. The van der Waals surface area contributed by atoms with E-state index in [1.165, 1.54) is 51.4 Å². The van der Waals surface area contributed by atoms with Gasteiger partial charge >= 0.3 is 19.8 Å². The molecule has 0 saturated carbocycles. The summed E-state index contributed by atoms with van der Waals surface area (Å²) in [5, 5.41) is 0. The molecule has 0 aliphatic rings. The fraction of sp³-hybridized carbons (Fsp3) is 0.721. The Morgan fingerprint density at radius 1 is 0.585 bits per heavy atom. The van der Waals surface area contributed by atoms with Crippen LogP contribution in [0.4, 0.5) is 0 Å². The van der Waals surface area contributed by atoms with Gasteiger partial charge in [0.05, 0.1) is 13.2 Å². The van der Waals surface area contributed by atoms with Crippen LogP contribution < -0.4 is 5.73 Å². The molecule has 9 nitrogen and oxygen atoms in total. The first-order valence-electron chi connectivity index (χ1n) is 20.8. The first kappa shape index (κ1) is 50.7. The van der Waals surface area contributed by atoms with E-state index in [4.69, 9.17) is 24.3 Å². The van der Waals surface area contributed by atoms with Crippen molar-refractivity contribution >= 4 is 19.8 Å². The second-order valence-corrected chi connectivity index (χ2v) is 14.9. The van der Waals surface area contributed by atoms with Crippen LogP contribution in [-0.2, 0) is 32.7 Å². The lowest BCUT2D eigenvalue weighted by molar-refractivity contribution is -0.161. The van der Waals surface area contributed by atoms with Crippen molar-refractivity contribution in [3.63, 3.8) is 0 Å². The number of allylic oxidation sites excluding steroid dienone is 10. The van der Waals surface area contributed by atoms with Crippen molar-refractivity contribution in [3.05, 3.63) is 60.8 Å². The molecule has 0 saturated heterocycles. The number of rotatable bonds is 38. The van der Waals surface area contributed by atoms with Crippen molar-refractivity contribution in [1.29, 1.82) is 0 Å². The summed E-state index contributed by atoms with van der Waals surface area (Å²) in [6.45, 7) is 3.56. The molecule has 0 radical (unpaired) electrons. The maximum absolute atomic E-state index is 12.6. The van der Waals surface area contributed by atoms with Gasteiger partial charge in [-0.05, 0) is 77.0 Å². The molecule has 0 aromatic heterocycles. The molecule has 53 heavy (non-hydrogen) atoms. The highest BCUT2D eigenvalue weighted by molar-refractivity contribution is 7.47. The second kappa shape index (κ2) is 39.4. The number of phosphoric acid groups is 1. The van der Waals surface area contributed by atoms with E-state index >= 15 is 0 Å². The number of hydrogen-bond donors (Lipinski definition) is 2. The predicted molar refractivity (Wildman–Crippen MR) is 219 cm³/mol. The van der Waals surface area contributed by atoms with Crippen LogP contribution in [0.3, 0.4) is 0 Å². The molecular weight excluding hydrogens is 689 g/mol. The van der Waals surface area contributed by atoms with Crippen LogP contribution in [0.15, 0.2) is 60.8 Å². The molecule has 2 unspecified atom stereocenters. The van der Waals surface area contributed by atoms with Crippen LogP contribution in [0, 0.1) is 0 Å². The molecule has 0 aliphatic heterocycles. The van der Waals surface area contributed by atoms with E-state index in [0.717, 1.165) is 77.0 Å². The van der Waals surface area contributed by atoms with Gasteiger partial charge in [-0.15, -0.1) is 0 Å². The lowest BCUT2D eigenvalue weighted by Crippen LogP contribution is -2.29. The normalized spacial score (nSPS) is 14.0. The van der Waals surface area contributed by atoms with Gasteiger partial charge in [-0.2, -0.15) is 0 Å². The molecule has 3 N–H and O–H groups in total. The van der Waals surface area contributed by atoms with Gasteiger partial charge in [0, 0.05) is 19.4 Å². The number of hydrogen-bond acceptors (Lipinski definition) is 8. The summed E-state index contributed by atoms with van der Waals surface area (Å²) in [6, 6.07) is 0. The zero-order valence-corrected chi connectivity index (χ0v) is 34.4. The number of nitrogens with two attached hydrogens (primary N) is 1. The van der Waals surface area contributed by atoms with E-state index in [2.05, 4.69) is 74.6 Å². The monoisotopic (exact) mass is 766 g/mol. The molecule has 0 heterocycles. The van der Waals surface area contributed by atoms with E-state index < -0.39 is 32.5 Å². The molecule has 0 spiro atoms.